The monoisotopic (exact) mass is 360 g/mol. The molecule has 0 atom stereocenters. The first-order valence-corrected chi connectivity index (χ1v) is 6.73. The molecule has 0 amide bonds. The summed E-state index contributed by atoms with van der Waals surface area (Å²) in [6.45, 7) is -1.21. The van der Waals surface area contributed by atoms with Crippen LogP contribution < -0.4 is 15.8 Å². The Hall–Kier alpha value is -1.89. The van der Waals surface area contributed by atoms with Crippen LogP contribution in [0.2, 0.25) is 0 Å². The van der Waals surface area contributed by atoms with Gasteiger partial charge in [0.25, 0.3) is 0 Å². The van der Waals surface area contributed by atoms with Gasteiger partial charge in [-0.1, -0.05) is 6.07 Å². The van der Waals surface area contributed by atoms with Gasteiger partial charge in [0, 0.05) is 16.6 Å². The molecule has 0 heterocycles. The number of hydrogen-bond acceptors (Lipinski definition) is 3. The van der Waals surface area contributed by atoms with E-state index in [4.69, 9.17) is 5.73 Å². The maximum Gasteiger partial charge on any atom is 0.387 e. The molecule has 0 bridgehead atoms. The molecule has 0 unspecified atom stereocenters. The predicted octanol–water partition coefficient (Wildman–Crippen LogP) is 4.82. The van der Waals surface area contributed by atoms with Crippen LogP contribution in [0.25, 0.3) is 0 Å². The van der Waals surface area contributed by atoms with Crippen LogP contribution in [0.3, 0.4) is 0 Å². The van der Waals surface area contributed by atoms with E-state index in [2.05, 4.69) is 26.0 Å². The maximum absolute atomic E-state index is 13.5. The van der Waals surface area contributed by atoms with Crippen molar-refractivity contribution in [1.82, 2.24) is 0 Å². The first kappa shape index (κ1) is 15.5. The van der Waals surface area contributed by atoms with Gasteiger partial charge in [0.1, 0.15) is 0 Å². The lowest BCUT2D eigenvalue weighted by atomic mass is 10.2. The first-order chi connectivity index (χ1) is 9.86. The summed E-state index contributed by atoms with van der Waals surface area (Å²) in [5.74, 6) is -1.51. The maximum atomic E-state index is 13.5. The average Bonchev–Trinajstić information content (AvgIpc) is 2.39. The summed E-state index contributed by atoms with van der Waals surface area (Å²) in [5.41, 5.74) is 7.73. The van der Waals surface area contributed by atoms with Crippen LogP contribution in [0.15, 0.2) is 34.8 Å². The van der Waals surface area contributed by atoms with Gasteiger partial charge in [-0.15, -0.1) is 0 Å². The minimum Gasteiger partial charge on any atom is -0.432 e. The summed E-state index contributed by atoms with van der Waals surface area (Å²) >= 11 is 3.36. The number of halogens is 4. The Bertz CT molecular complexity index is 665. The molecule has 3 N–H and O–H groups in total. The normalized spacial score (nSPS) is 10.8. The van der Waals surface area contributed by atoms with Crippen molar-refractivity contribution >= 4 is 33.0 Å². The van der Waals surface area contributed by atoms with Crippen LogP contribution in [0.1, 0.15) is 5.56 Å². The number of hydrogen-bond donors (Lipinski definition) is 2. The zero-order chi connectivity index (χ0) is 15.6. The number of ether oxygens (including phenoxy) is 1. The number of anilines is 3. The third-order valence-electron chi connectivity index (χ3n) is 2.71. The number of nitrogen functional groups attached to an aromatic ring is 1. The second kappa shape index (κ2) is 6.26. The molecule has 2 aromatic rings. The molecule has 0 aliphatic rings. The van der Waals surface area contributed by atoms with E-state index in [9.17, 15) is 13.2 Å². The second-order valence-corrected chi connectivity index (χ2v) is 5.21. The highest BCUT2D eigenvalue weighted by Crippen LogP contribution is 2.34. The third kappa shape index (κ3) is 3.81. The molecule has 0 fully saturated rings. The molecule has 0 aliphatic heterocycles. The fourth-order valence-electron chi connectivity index (χ4n) is 1.74. The zero-order valence-corrected chi connectivity index (χ0v) is 12.5. The molecular weight excluding hydrogens is 349 g/mol. The van der Waals surface area contributed by atoms with E-state index in [1.54, 1.807) is 0 Å². The van der Waals surface area contributed by atoms with Crippen molar-refractivity contribution in [3.8, 4) is 5.75 Å². The molecule has 3 nitrogen and oxygen atoms in total. The number of nitrogens with one attached hydrogen (secondary N) is 1. The van der Waals surface area contributed by atoms with Gasteiger partial charge in [-0.2, -0.15) is 8.78 Å². The highest BCUT2D eigenvalue weighted by atomic mass is 79.9. The Morgan fingerprint density at radius 3 is 2.57 bits per heavy atom. The van der Waals surface area contributed by atoms with E-state index in [0.717, 1.165) is 22.2 Å². The minimum absolute atomic E-state index is 0.0857. The number of benzene rings is 2. The molecule has 7 heteroatoms. The molecule has 21 heavy (non-hydrogen) atoms. The van der Waals surface area contributed by atoms with Gasteiger partial charge in [-0.05, 0) is 40.5 Å². The van der Waals surface area contributed by atoms with Crippen molar-refractivity contribution in [2.45, 2.75) is 13.5 Å². The topological polar surface area (TPSA) is 47.3 Å². The Kier molecular flexibility index (Phi) is 4.62. The van der Waals surface area contributed by atoms with Gasteiger partial charge in [-0.25, -0.2) is 4.39 Å². The van der Waals surface area contributed by atoms with Crippen LogP contribution in [0.4, 0.5) is 30.2 Å². The van der Waals surface area contributed by atoms with Gasteiger partial charge in [0.05, 0.1) is 17.1 Å². The fourth-order valence-corrected chi connectivity index (χ4v) is 2.09. The summed E-state index contributed by atoms with van der Waals surface area (Å²) in [5, 5.41) is 2.96. The van der Waals surface area contributed by atoms with Crippen molar-refractivity contribution in [3.63, 3.8) is 0 Å². The SMILES string of the molecule is Cc1ccc(Br)c(Nc2cc(OC(F)F)c(F)cc2N)c1. The first-order valence-electron chi connectivity index (χ1n) is 5.94. The largest absolute Gasteiger partial charge is 0.432 e. The van der Waals surface area contributed by atoms with Gasteiger partial charge < -0.3 is 15.8 Å². The van der Waals surface area contributed by atoms with Gasteiger partial charge in [-0.3, -0.25) is 0 Å². The van der Waals surface area contributed by atoms with E-state index in [0.29, 0.717) is 5.69 Å². The molecule has 0 aliphatic carbocycles. The minimum atomic E-state index is -3.11. The molecule has 0 saturated carbocycles. The molecule has 0 spiro atoms. The fraction of sp³-hybridized carbons (Fsp3) is 0.143. The van der Waals surface area contributed by atoms with E-state index >= 15 is 0 Å². The van der Waals surface area contributed by atoms with Crippen molar-refractivity contribution < 1.29 is 17.9 Å². The standard InChI is InChI=1S/C14H12BrF3N2O/c1-7-2-3-8(15)11(4-7)20-12-6-13(21-14(17)18)9(16)5-10(12)19/h2-6,14,20H,19H2,1H3. The van der Waals surface area contributed by atoms with Crippen molar-refractivity contribution in [3.05, 3.63) is 46.2 Å². The second-order valence-electron chi connectivity index (χ2n) is 4.36. The number of rotatable bonds is 4. The van der Waals surface area contributed by atoms with Crippen LogP contribution >= 0.6 is 15.9 Å². The van der Waals surface area contributed by atoms with E-state index in [1.165, 1.54) is 0 Å². The predicted molar refractivity (Wildman–Crippen MR) is 79.6 cm³/mol. The smallest absolute Gasteiger partial charge is 0.387 e. The van der Waals surface area contributed by atoms with Crippen molar-refractivity contribution in [1.29, 1.82) is 0 Å². The Morgan fingerprint density at radius 1 is 1.19 bits per heavy atom. The Balaban J connectivity index is 2.37. The van der Waals surface area contributed by atoms with E-state index in [-0.39, 0.29) is 11.4 Å². The Labute approximate surface area is 128 Å². The summed E-state index contributed by atoms with van der Waals surface area (Å²) in [7, 11) is 0. The van der Waals surface area contributed by atoms with Crippen LogP contribution in [-0.2, 0) is 0 Å². The lowest BCUT2D eigenvalue weighted by Gasteiger charge is -2.14. The molecule has 112 valence electrons. The number of aryl methyl sites for hydroxylation is 1. The van der Waals surface area contributed by atoms with Crippen molar-refractivity contribution in [2.24, 2.45) is 0 Å². The third-order valence-corrected chi connectivity index (χ3v) is 3.40. The Morgan fingerprint density at radius 2 is 1.90 bits per heavy atom. The molecule has 0 radical (unpaired) electrons. The molecular formula is C14H12BrF3N2O. The van der Waals surface area contributed by atoms with Crippen molar-refractivity contribution in [2.75, 3.05) is 11.1 Å². The van der Waals surface area contributed by atoms with Gasteiger partial charge in [0.2, 0.25) is 0 Å². The van der Waals surface area contributed by atoms with E-state index in [1.807, 2.05) is 25.1 Å². The summed E-state index contributed by atoms with van der Waals surface area (Å²) in [6.07, 6.45) is 0. The van der Waals surface area contributed by atoms with Crippen LogP contribution in [0.5, 0.6) is 5.75 Å². The van der Waals surface area contributed by atoms with Crippen LogP contribution in [0, 0.1) is 12.7 Å². The average molecular weight is 361 g/mol. The number of nitrogens with two attached hydrogens (primary N) is 1. The molecule has 2 rings (SSSR count). The highest BCUT2D eigenvalue weighted by molar-refractivity contribution is 9.10. The van der Waals surface area contributed by atoms with Gasteiger partial charge in [0.15, 0.2) is 11.6 Å². The molecule has 2 aromatic carbocycles. The van der Waals surface area contributed by atoms with Gasteiger partial charge >= 0.3 is 6.61 Å². The molecule has 0 aromatic heterocycles. The van der Waals surface area contributed by atoms with Crippen LogP contribution in [-0.4, -0.2) is 6.61 Å². The quantitative estimate of drug-likeness (QED) is 0.768. The molecule has 0 saturated heterocycles. The summed E-state index contributed by atoms with van der Waals surface area (Å²) in [4.78, 5) is 0. The summed E-state index contributed by atoms with van der Waals surface area (Å²) < 4.78 is 42.8. The highest BCUT2D eigenvalue weighted by Gasteiger charge is 2.14. The van der Waals surface area contributed by atoms with E-state index < -0.39 is 18.2 Å². The zero-order valence-electron chi connectivity index (χ0n) is 11.0. The number of alkyl halides is 2. The lowest BCUT2D eigenvalue weighted by Crippen LogP contribution is -2.06. The lowest BCUT2D eigenvalue weighted by molar-refractivity contribution is -0.0521. The summed E-state index contributed by atoms with van der Waals surface area (Å²) in [6, 6.07) is 7.60.